The van der Waals surface area contributed by atoms with Crippen LogP contribution in [0.3, 0.4) is 0 Å². The zero-order valence-electron chi connectivity index (χ0n) is 23.1. The van der Waals surface area contributed by atoms with E-state index in [1.807, 2.05) is 0 Å². The number of aromatic nitrogens is 2. The molecular weight excluding hydrogens is 532 g/mol. The van der Waals surface area contributed by atoms with E-state index in [9.17, 15) is 39.8 Å². The van der Waals surface area contributed by atoms with E-state index in [4.69, 9.17) is 24.7 Å². The molecule has 1 unspecified atom stereocenters. The number of nitriles is 1. The fraction of sp³-hybridized carbons (Fsp3) is 0.600. The number of aliphatic hydroxyl groups is 3. The normalized spacial score (nSPS) is 19.4. The molecule has 2 atom stereocenters. The number of carbonyl (C=O) groups excluding carboxylic acids is 3. The van der Waals surface area contributed by atoms with E-state index < -0.39 is 89.6 Å². The van der Waals surface area contributed by atoms with Gasteiger partial charge in [0.05, 0.1) is 36.1 Å². The molecule has 220 valence electrons. The molecule has 15 nitrogen and oxygen atoms in total. The van der Waals surface area contributed by atoms with Crippen LogP contribution in [0.2, 0.25) is 0 Å². The maximum atomic E-state index is 13.1. The lowest BCUT2D eigenvalue weighted by atomic mass is 9.94. The standard InChI is InChI=1S/C25H34N4O11/c1-22(2,11-30)18(33)37-9-14-16(38-19(34)23(3,4)12-31)17(39-20(35)24(5,6)13-32)25(10-26,40-14)29-8-7-15(27)28-21(29)36/h7-8,17,30-32H,9,11-13H2,1-6H3,(H2,27,28,36)/t17?,25-/m1/s1. The van der Waals surface area contributed by atoms with Gasteiger partial charge in [0.25, 0.3) is 0 Å². The first kappa shape index (κ1) is 32.2. The summed E-state index contributed by atoms with van der Waals surface area (Å²) in [5.41, 5.74) is -2.49. The number of anilines is 1. The van der Waals surface area contributed by atoms with Gasteiger partial charge >= 0.3 is 29.3 Å². The molecule has 1 aliphatic heterocycles. The Kier molecular flexibility index (Phi) is 9.36. The van der Waals surface area contributed by atoms with Gasteiger partial charge < -0.3 is 40.0 Å². The van der Waals surface area contributed by atoms with Crippen molar-refractivity contribution in [2.45, 2.75) is 53.4 Å². The van der Waals surface area contributed by atoms with Gasteiger partial charge in [-0.15, -0.1) is 0 Å². The van der Waals surface area contributed by atoms with Crippen molar-refractivity contribution in [2.75, 3.05) is 32.2 Å². The van der Waals surface area contributed by atoms with Gasteiger partial charge in [-0.3, -0.25) is 14.4 Å². The summed E-state index contributed by atoms with van der Waals surface area (Å²) in [6.45, 7) is 5.43. The molecule has 2 rings (SSSR count). The van der Waals surface area contributed by atoms with Crippen LogP contribution in [0.1, 0.15) is 41.5 Å². The molecule has 0 bridgehead atoms. The van der Waals surface area contributed by atoms with Crippen LogP contribution in [0.25, 0.3) is 0 Å². The van der Waals surface area contributed by atoms with E-state index in [1.54, 1.807) is 6.07 Å². The van der Waals surface area contributed by atoms with Crippen molar-refractivity contribution < 1.29 is 48.7 Å². The van der Waals surface area contributed by atoms with Gasteiger partial charge in [-0.2, -0.15) is 10.2 Å². The summed E-state index contributed by atoms with van der Waals surface area (Å²) < 4.78 is 22.7. The second-order valence-corrected chi connectivity index (χ2v) is 11.1. The lowest BCUT2D eigenvalue weighted by molar-refractivity contribution is -0.178. The van der Waals surface area contributed by atoms with E-state index in [0.717, 1.165) is 12.3 Å². The maximum Gasteiger partial charge on any atom is 0.353 e. The number of aliphatic hydroxyl groups excluding tert-OH is 3. The number of carbonyl (C=O) groups is 3. The minimum atomic E-state index is -2.59. The summed E-state index contributed by atoms with van der Waals surface area (Å²) in [6, 6.07) is 2.91. The van der Waals surface area contributed by atoms with Crippen molar-refractivity contribution in [2.24, 2.45) is 16.2 Å². The van der Waals surface area contributed by atoms with Gasteiger partial charge in [-0.05, 0) is 47.6 Å². The highest BCUT2D eigenvalue weighted by Crippen LogP contribution is 2.42. The van der Waals surface area contributed by atoms with Crippen LogP contribution in [-0.4, -0.2) is 75.3 Å². The van der Waals surface area contributed by atoms with E-state index in [-0.39, 0.29) is 5.82 Å². The van der Waals surface area contributed by atoms with Crippen molar-refractivity contribution in [3.05, 3.63) is 34.3 Å². The Balaban J connectivity index is 2.78. The fourth-order valence-corrected chi connectivity index (χ4v) is 2.96. The lowest BCUT2D eigenvalue weighted by Gasteiger charge is -2.32. The number of nitrogen functional groups attached to an aromatic ring is 1. The Morgan fingerprint density at radius 3 is 2.08 bits per heavy atom. The van der Waals surface area contributed by atoms with Crippen molar-refractivity contribution in [3.8, 4) is 6.07 Å². The van der Waals surface area contributed by atoms with Crippen molar-refractivity contribution in [1.82, 2.24) is 9.55 Å². The SMILES string of the molecule is CC(C)(CO)C(=O)OCC1=C(OC(=O)C(C)(C)CO)C(OC(=O)C(C)(C)CO)[C@](C#N)(n2ccc(N)nc2=O)O1. The Bertz CT molecular complexity index is 1290. The molecule has 0 spiro atoms. The van der Waals surface area contributed by atoms with Gasteiger partial charge in [0.2, 0.25) is 6.10 Å². The fourth-order valence-electron chi connectivity index (χ4n) is 2.96. The number of hydrogen-bond donors (Lipinski definition) is 4. The van der Waals surface area contributed by atoms with Gasteiger partial charge in [0.15, 0.2) is 18.1 Å². The zero-order chi connectivity index (χ0) is 30.7. The van der Waals surface area contributed by atoms with Crippen LogP contribution < -0.4 is 11.4 Å². The molecule has 1 aromatic heterocycles. The van der Waals surface area contributed by atoms with Crippen LogP contribution in [-0.2, 0) is 39.1 Å². The third-order valence-electron chi connectivity index (χ3n) is 6.10. The third-order valence-corrected chi connectivity index (χ3v) is 6.10. The molecule has 40 heavy (non-hydrogen) atoms. The summed E-state index contributed by atoms with van der Waals surface area (Å²) in [5, 5.41) is 39.2. The van der Waals surface area contributed by atoms with E-state index in [0.29, 0.717) is 4.57 Å². The number of rotatable bonds is 11. The topological polar surface area (TPSA) is 234 Å². The average molecular weight is 567 g/mol. The van der Waals surface area contributed by atoms with Crippen molar-refractivity contribution in [1.29, 1.82) is 5.26 Å². The Labute approximate surface area is 229 Å². The average Bonchev–Trinajstić information content (AvgIpc) is 3.19. The minimum absolute atomic E-state index is 0.202. The van der Waals surface area contributed by atoms with Crippen LogP contribution in [0.15, 0.2) is 28.6 Å². The predicted molar refractivity (Wildman–Crippen MR) is 134 cm³/mol. The number of nitrogens with two attached hydrogens (primary N) is 1. The summed E-state index contributed by atoms with van der Waals surface area (Å²) in [6.07, 6.45) is -0.954. The second kappa shape index (κ2) is 11.6. The predicted octanol–water partition coefficient (Wildman–Crippen LogP) is -0.703. The van der Waals surface area contributed by atoms with Crippen molar-refractivity contribution >= 4 is 23.7 Å². The summed E-state index contributed by atoms with van der Waals surface area (Å²) >= 11 is 0. The van der Waals surface area contributed by atoms with E-state index in [1.165, 1.54) is 41.5 Å². The first-order valence-corrected chi connectivity index (χ1v) is 12.0. The number of esters is 3. The number of hydrogen-bond acceptors (Lipinski definition) is 14. The molecule has 0 aliphatic carbocycles. The molecule has 0 aromatic carbocycles. The van der Waals surface area contributed by atoms with E-state index in [2.05, 4.69) is 4.98 Å². The monoisotopic (exact) mass is 566 g/mol. The molecule has 1 aliphatic rings. The van der Waals surface area contributed by atoms with Gasteiger partial charge in [0.1, 0.15) is 11.9 Å². The van der Waals surface area contributed by atoms with Gasteiger partial charge in [-0.1, -0.05) is 0 Å². The number of ether oxygens (including phenoxy) is 4. The van der Waals surface area contributed by atoms with Crippen LogP contribution in [0.5, 0.6) is 0 Å². The lowest BCUT2D eigenvalue weighted by Crippen LogP contribution is -2.52. The second-order valence-electron chi connectivity index (χ2n) is 11.1. The highest BCUT2D eigenvalue weighted by molar-refractivity contribution is 5.79. The van der Waals surface area contributed by atoms with Gasteiger partial charge in [-0.25, -0.2) is 9.36 Å². The van der Waals surface area contributed by atoms with Crippen LogP contribution in [0, 0.1) is 27.6 Å². The molecule has 0 saturated heterocycles. The first-order chi connectivity index (χ1) is 18.4. The highest BCUT2D eigenvalue weighted by atomic mass is 16.6. The quantitative estimate of drug-likeness (QED) is 0.191. The molecule has 0 fully saturated rings. The molecule has 2 heterocycles. The zero-order valence-corrected chi connectivity index (χ0v) is 23.1. The smallest absolute Gasteiger partial charge is 0.353 e. The largest absolute Gasteiger partial charge is 0.457 e. The maximum absolute atomic E-state index is 13.1. The summed E-state index contributed by atoms with van der Waals surface area (Å²) in [7, 11) is 0. The summed E-state index contributed by atoms with van der Waals surface area (Å²) in [4.78, 5) is 55.0. The number of nitrogens with zero attached hydrogens (tertiary/aromatic N) is 3. The molecule has 0 saturated carbocycles. The first-order valence-electron chi connectivity index (χ1n) is 12.0. The molecular formula is C25H34N4O11. The highest BCUT2D eigenvalue weighted by Gasteiger charge is 2.59. The summed E-state index contributed by atoms with van der Waals surface area (Å²) in [5.74, 6) is -4.33. The molecule has 0 amide bonds. The third kappa shape index (κ3) is 6.24. The van der Waals surface area contributed by atoms with Crippen LogP contribution in [0.4, 0.5) is 5.82 Å². The van der Waals surface area contributed by atoms with Crippen LogP contribution >= 0.6 is 0 Å². The minimum Gasteiger partial charge on any atom is -0.457 e. The molecule has 1 aromatic rings. The van der Waals surface area contributed by atoms with Gasteiger partial charge in [0, 0.05) is 6.20 Å². The van der Waals surface area contributed by atoms with Crippen molar-refractivity contribution in [3.63, 3.8) is 0 Å². The Morgan fingerprint density at radius 2 is 1.57 bits per heavy atom. The van der Waals surface area contributed by atoms with E-state index >= 15 is 0 Å². The molecule has 5 N–H and O–H groups in total. The Morgan fingerprint density at radius 1 is 1.05 bits per heavy atom. The molecule has 0 radical (unpaired) electrons. The Hall–Kier alpha value is -4.00. The molecule has 15 heteroatoms.